The molecule has 0 fully saturated rings. The van der Waals surface area contributed by atoms with Gasteiger partial charge in [0, 0.05) is 16.6 Å². The summed E-state index contributed by atoms with van der Waals surface area (Å²) < 4.78 is 10.8. The summed E-state index contributed by atoms with van der Waals surface area (Å²) in [4.78, 5) is 12.4. The minimum atomic E-state index is -0.208. The number of amides is 1. The number of rotatable bonds is 4. The number of nitrogens with one attached hydrogen (secondary N) is 1. The first-order valence-corrected chi connectivity index (χ1v) is 7.93. The summed E-state index contributed by atoms with van der Waals surface area (Å²) in [5, 5.41) is 5.96. The van der Waals surface area contributed by atoms with Crippen LogP contribution >= 0.6 is 0 Å². The lowest BCUT2D eigenvalue weighted by molar-refractivity contribution is -0.112. The lowest BCUT2D eigenvalue weighted by Gasteiger charge is -2.06. The van der Waals surface area contributed by atoms with Gasteiger partial charge >= 0.3 is 0 Å². The number of furan rings is 1. The normalized spacial score (nSPS) is 10.9. The van der Waals surface area contributed by atoms with E-state index in [9.17, 15) is 4.79 Å². The van der Waals surface area contributed by atoms with Crippen molar-refractivity contribution in [1.29, 1.82) is 0 Å². The summed E-state index contributed by atoms with van der Waals surface area (Å²) in [6.07, 6.45) is 3.09. The second-order valence-electron chi connectivity index (χ2n) is 5.72. The topological polar surface area (TPSA) is 51.5 Å². The third-order valence-electron chi connectivity index (χ3n) is 4.12. The number of ether oxygens (including phenoxy) is 1. The van der Waals surface area contributed by atoms with Crippen LogP contribution in [0.1, 0.15) is 5.56 Å². The fourth-order valence-electron chi connectivity index (χ4n) is 2.91. The summed E-state index contributed by atoms with van der Waals surface area (Å²) in [5.74, 6) is 0.438. The summed E-state index contributed by atoms with van der Waals surface area (Å²) >= 11 is 0. The van der Waals surface area contributed by atoms with Crippen LogP contribution < -0.4 is 10.1 Å². The molecule has 0 aliphatic rings. The minimum Gasteiger partial charge on any atom is -0.493 e. The number of para-hydroxylation sites is 1. The van der Waals surface area contributed by atoms with Crippen molar-refractivity contribution in [2.75, 3.05) is 12.4 Å². The molecule has 123 valence electrons. The Hall–Kier alpha value is -3.27. The van der Waals surface area contributed by atoms with E-state index in [-0.39, 0.29) is 5.91 Å². The summed E-state index contributed by atoms with van der Waals surface area (Å²) in [6.45, 7) is 0. The average molecular weight is 330 g/mol. The fraction of sp³-hybridized carbons (Fsp3) is 0.0476. The Morgan fingerprint density at radius 1 is 1.04 bits per heavy atom. The smallest absolute Gasteiger partial charge is 0.233 e. The van der Waals surface area contributed by atoms with E-state index in [4.69, 9.17) is 9.15 Å². The van der Waals surface area contributed by atoms with E-state index >= 15 is 0 Å². The van der Waals surface area contributed by atoms with Gasteiger partial charge in [-0.05, 0) is 29.0 Å². The molecule has 4 nitrogen and oxygen atoms in total. The largest absolute Gasteiger partial charge is 0.493 e. The number of carbonyl (C=O) groups is 1. The van der Waals surface area contributed by atoms with Crippen molar-refractivity contribution < 1.29 is 13.9 Å². The second-order valence-corrected chi connectivity index (χ2v) is 5.72. The minimum absolute atomic E-state index is 0.208. The Balaban J connectivity index is 1.55. The Morgan fingerprint density at radius 2 is 1.88 bits per heavy atom. The lowest BCUT2D eigenvalue weighted by atomic mass is 10.1. The Bertz CT molecular complexity index is 1070. The van der Waals surface area contributed by atoms with Gasteiger partial charge in [-0.3, -0.25) is 4.79 Å². The molecule has 1 radical (unpaired) electrons. The summed E-state index contributed by atoms with van der Waals surface area (Å²) in [7, 11) is 1.59. The summed E-state index contributed by atoms with van der Waals surface area (Å²) in [6, 6.07) is 19.5. The van der Waals surface area contributed by atoms with Crippen LogP contribution in [-0.4, -0.2) is 13.0 Å². The molecule has 0 spiro atoms. The van der Waals surface area contributed by atoms with E-state index in [1.165, 1.54) is 6.42 Å². The number of benzene rings is 3. The third kappa shape index (κ3) is 2.94. The van der Waals surface area contributed by atoms with E-state index in [1.807, 2.05) is 60.7 Å². The highest BCUT2D eigenvalue weighted by Gasteiger charge is 2.14. The van der Waals surface area contributed by atoms with Gasteiger partial charge in [0.05, 0.1) is 19.8 Å². The van der Waals surface area contributed by atoms with E-state index in [2.05, 4.69) is 5.32 Å². The van der Waals surface area contributed by atoms with Gasteiger partial charge in [0.25, 0.3) is 0 Å². The van der Waals surface area contributed by atoms with E-state index in [0.29, 0.717) is 16.9 Å². The molecule has 0 aliphatic heterocycles. The first-order valence-electron chi connectivity index (χ1n) is 7.93. The van der Waals surface area contributed by atoms with Crippen molar-refractivity contribution in [2.45, 2.75) is 0 Å². The maximum Gasteiger partial charge on any atom is 0.233 e. The Kier molecular flexibility index (Phi) is 3.86. The van der Waals surface area contributed by atoms with Gasteiger partial charge < -0.3 is 14.5 Å². The number of anilines is 1. The third-order valence-corrected chi connectivity index (χ3v) is 4.12. The van der Waals surface area contributed by atoms with Crippen LogP contribution in [0.5, 0.6) is 5.75 Å². The van der Waals surface area contributed by atoms with E-state index in [1.54, 1.807) is 13.4 Å². The monoisotopic (exact) mass is 330 g/mol. The van der Waals surface area contributed by atoms with Crippen molar-refractivity contribution in [3.63, 3.8) is 0 Å². The van der Waals surface area contributed by atoms with Gasteiger partial charge in [0.15, 0.2) is 11.3 Å². The molecular weight excluding hydrogens is 314 g/mol. The maximum absolute atomic E-state index is 12.4. The van der Waals surface area contributed by atoms with Crippen molar-refractivity contribution >= 4 is 33.3 Å². The molecule has 0 saturated carbocycles. The predicted molar refractivity (Wildman–Crippen MR) is 98.7 cm³/mol. The van der Waals surface area contributed by atoms with Crippen molar-refractivity contribution in [1.82, 2.24) is 0 Å². The van der Waals surface area contributed by atoms with Gasteiger partial charge in [-0.1, -0.05) is 42.5 Å². The van der Waals surface area contributed by atoms with Crippen molar-refractivity contribution in [3.05, 3.63) is 78.9 Å². The van der Waals surface area contributed by atoms with Crippen LogP contribution in [0.3, 0.4) is 0 Å². The van der Waals surface area contributed by atoms with Crippen LogP contribution in [0.15, 0.2) is 71.3 Å². The molecule has 0 aliphatic carbocycles. The molecule has 4 rings (SSSR count). The zero-order chi connectivity index (χ0) is 17.2. The molecule has 0 atom stereocenters. The van der Waals surface area contributed by atoms with Gasteiger partial charge in [-0.25, -0.2) is 0 Å². The molecule has 1 aromatic heterocycles. The lowest BCUT2D eigenvalue weighted by Crippen LogP contribution is -2.12. The molecule has 3 aromatic carbocycles. The van der Waals surface area contributed by atoms with Gasteiger partial charge in [-0.2, -0.15) is 0 Å². The molecule has 25 heavy (non-hydrogen) atoms. The zero-order valence-corrected chi connectivity index (χ0v) is 13.7. The van der Waals surface area contributed by atoms with Gasteiger partial charge in [-0.15, -0.1) is 0 Å². The molecule has 0 saturated heterocycles. The molecule has 1 amide bonds. The number of methoxy groups -OCH3 is 1. The second kappa shape index (κ2) is 6.32. The standard InChI is InChI=1S/C21H16NO3/c1-24-19-8-4-7-18-16(13-25-21(18)19)12-20(23)22-17-10-9-14-5-2-3-6-15(14)11-17/h2-13H,1H3,(H,22,23). The van der Waals surface area contributed by atoms with Crippen molar-refractivity contribution in [3.8, 4) is 5.75 Å². The van der Waals surface area contributed by atoms with Crippen LogP contribution in [-0.2, 0) is 4.79 Å². The van der Waals surface area contributed by atoms with Crippen molar-refractivity contribution in [2.24, 2.45) is 0 Å². The number of hydrogen-bond donors (Lipinski definition) is 1. The molecule has 1 N–H and O–H groups in total. The average Bonchev–Trinajstić information content (AvgIpc) is 3.04. The highest BCUT2D eigenvalue weighted by molar-refractivity contribution is 6.04. The molecule has 0 bridgehead atoms. The fourth-order valence-corrected chi connectivity index (χ4v) is 2.91. The number of carbonyl (C=O) groups excluding carboxylic acids is 1. The van der Waals surface area contributed by atoms with Crippen LogP contribution in [0.4, 0.5) is 5.69 Å². The number of fused-ring (bicyclic) bond motifs is 2. The molecular formula is C21H16NO3. The highest BCUT2D eigenvalue weighted by Crippen LogP contribution is 2.30. The molecule has 4 heteroatoms. The van der Waals surface area contributed by atoms with E-state index < -0.39 is 0 Å². The maximum atomic E-state index is 12.4. The SMILES string of the molecule is COc1cccc2c([CH]C(=O)Nc3ccc4ccccc4c3)coc12. The quantitative estimate of drug-likeness (QED) is 0.585. The van der Waals surface area contributed by atoms with E-state index in [0.717, 1.165) is 21.8 Å². The Labute approximate surface area is 145 Å². The Morgan fingerprint density at radius 3 is 2.72 bits per heavy atom. The van der Waals surface area contributed by atoms with Gasteiger partial charge in [0.2, 0.25) is 5.91 Å². The predicted octanol–water partition coefficient (Wildman–Crippen LogP) is 4.79. The molecule has 4 aromatic rings. The first-order chi connectivity index (χ1) is 12.2. The molecule has 1 heterocycles. The van der Waals surface area contributed by atoms with Gasteiger partial charge in [0.1, 0.15) is 0 Å². The first kappa shape index (κ1) is 15.3. The van der Waals surface area contributed by atoms with Crippen LogP contribution in [0.2, 0.25) is 0 Å². The number of hydrogen-bond acceptors (Lipinski definition) is 3. The highest BCUT2D eigenvalue weighted by atomic mass is 16.5. The zero-order valence-electron chi connectivity index (χ0n) is 13.7. The summed E-state index contributed by atoms with van der Waals surface area (Å²) in [5.41, 5.74) is 2.10. The van der Waals surface area contributed by atoms with Crippen LogP contribution in [0.25, 0.3) is 21.7 Å². The molecule has 0 unspecified atom stereocenters. The van der Waals surface area contributed by atoms with Crippen LogP contribution in [0, 0.1) is 6.42 Å².